The number of anilines is 1. The summed E-state index contributed by atoms with van der Waals surface area (Å²) in [5.74, 6) is -2.65. The maximum Gasteiger partial charge on any atom is 0.435 e. The number of alkyl halides is 3. The van der Waals surface area contributed by atoms with Crippen LogP contribution in [0.1, 0.15) is 16.1 Å². The fourth-order valence-corrected chi connectivity index (χ4v) is 3.30. The van der Waals surface area contributed by atoms with Crippen molar-refractivity contribution < 1.29 is 36.0 Å². The van der Waals surface area contributed by atoms with Crippen molar-refractivity contribution in [2.45, 2.75) is 11.1 Å². The Balaban J connectivity index is 2.03. The van der Waals surface area contributed by atoms with Crippen LogP contribution in [0.2, 0.25) is 0 Å². The summed E-state index contributed by atoms with van der Waals surface area (Å²) in [4.78, 5) is 12.9. The summed E-state index contributed by atoms with van der Waals surface area (Å²) in [6.07, 6.45) is -3.73. The van der Waals surface area contributed by atoms with E-state index in [1.165, 1.54) is 43.7 Å². The Morgan fingerprint density at radius 1 is 1.09 bits per heavy atom. The molecule has 0 saturated heterocycles. The van der Waals surface area contributed by atoms with Crippen LogP contribution in [0.15, 0.2) is 53.4 Å². The lowest BCUT2D eigenvalue weighted by molar-refractivity contribution is -0.141. The lowest BCUT2D eigenvalue weighted by Crippen LogP contribution is -2.18. The molecule has 0 spiro atoms. The van der Waals surface area contributed by atoms with Crippen molar-refractivity contribution in [3.05, 3.63) is 65.6 Å². The Labute approximate surface area is 185 Å². The molecule has 1 heterocycles. The quantitative estimate of drug-likeness (QED) is 0.490. The molecule has 0 fully saturated rings. The van der Waals surface area contributed by atoms with Crippen molar-refractivity contribution in [3.63, 3.8) is 0 Å². The Bertz CT molecular complexity index is 1310. The number of hydrogen-bond acceptors (Lipinski definition) is 7. The van der Waals surface area contributed by atoms with Gasteiger partial charge in [-0.2, -0.15) is 13.2 Å². The van der Waals surface area contributed by atoms with E-state index in [1.807, 2.05) is 0 Å². The summed E-state index contributed by atoms with van der Waals surface area (Å²) in [7, 11) is -1.85. The maximum absolute atomic E-state index is 13.6. The van der Waals surface area contributed by atoms with Gasteiger partial charge in [0.1, 0.15) is 11.4 Å². The summed E-state index contributed by atoms with van der Waals surface area (Å²) in [6.45, 7) is 0. The molecule has 3 rings (SSSR count). The Morgan fingerprint density at radius 2 is 1.82 bits per heavy atom. The number of rotatable bonds is 6. The second kappa shape index (κ2) is 9.02. The van der Waals surface area contributed by atoms with Gasteiger partial charge in [0.25, 0.3) is 11.8 Å². The predicted octanol–water partition coefficient (Wildman–Crippen LogP) is 4.72. The molecular weight excluding hydrogens is 468 g/mol. The molecule has 3 aromatic rings. The minimum atomic E-state index is -4.91. The van der Waals surface area contributed by atoms with Gasteiger partial charge in [-0.15, -0.1) is 10.2 Å². The van der Waals surface area contributed by atoms with Gasteiger partial charge in [0.2, 0.25) is 0 Å². The molecule has 8 nitrogen and oxygen atoms in total. The van der Waals surface area contributed by atoms with E-state index >= 15 is 0 Å². The van der Waals surface area contributed by atoms with E-state index in [9.17, 15) is 26.6 Å². The SMILES string of the molecule is COc1ccc(F)cc1Oc1nnc(C(F)(F)F)cc1C(=O)Nc1cccc(S(C)(=N)=O)c1. The minimum Gasteiger partial charge on any atom is -0.493 e. The molecule has 174 valence electrons. The number of methoxy groups -OCH3 is 1. The predicted molar refractivity (Wildman–Crippen MR) is 110 cm³/mol. The summed E-state index contributed by atoms with van der Waals surface area (Å²) >= 11 is 0. The topological polar surface area (TPSA) is 114 Å². The highest BCUT2D eigenvalue weighted by Gasteiger charge is 2.35. The smallest absolute Gasteiger partial charge is 0.435 e. The van der Waals surface area contributed by atoms with Gasteiger partial charge in [-0.1, -0.05) is 6.07 Å². The zero-order chi connectivity index (χ0) is 24.4. The number of benzene rings is 2. The maximum atomic E-state index is 13.6. The molecule has 33 heavy (non-hydrogen) atoms. The van der Waals surface area contributed by atoms with Crippen LogP contribution >= 0.6 is 0 Å². The van der Waals surface area contributed by atoms with Crippen LogP contribution in [0.3, 0.4) is 0 Å². The van der Waals surface area contributed by atoms with Crippen LogP contribution in [0, 0.1) is 10.6 Å². The number of amides is 1. The molecule has 1 amide bonds. The molecule has 0 saturated carbocycles. The molecule has 1 atom stereocenters. The first kappa shape index (κ1) is 23.9. The van der Waals surface area contributed by atoms with Crippen molar-refractivity contribution in [1.82, 2.24) is 10.2 Å². The van der Waals surface area contributed by atoms with Crippen molar-refractivity contribution in [3.8, 4) is 17.4 Å². The Kier molecular flexibility index (Phi) is 6.53. The van der Waals surface area contributed by atoms with Gasteiger partial charge >= 0.3 is 6.18 Å². The number of carbonyl (C=O) groups is 1. The van der Waals surface area contributed by atoms with Crippen LogP contribution in [0.4, 0.5) is 23.2 Å². The highest BCUT2D eigenvalue weighted by atomic mass is 32.2. The average Bonchev–Trinajstić information content (AvgIpc) is 2.73. The van der Waals surface area contributed by atoms with Crippen LogP contribution in [-0.2, 0) is 15.9 Å². The van der Waals surface area contributed by atoms with Crippen LogP contribution in [0.25, 0.3) is 0 Å². The first-order chi connectivity index (χ1) is 15.4. The molecular formula is C20H16F4N4O4S. The second-order valence-corrected chi connectivity index (χ2v) is 8.83. The molecule has 13 heteroatoms. The number of aromatic nitrogens is 2. The first-order valence-corrected chi connectivity index (χ1v) is 11.0. The van der Waals surface area contributed by atoms with Crippen LogP contribution in [0.5, 0.6) is 17.4 Å². The zero-order valence-electron chi connectivity index (χ0n) is 17.1. The normalized spacial score (nSPS) is 13.2. The lowest BCUT2D eigenvalue weighted by atomic mass is 10.2. The summed E-state index contributed by atoms with van der Waals surface area (Å²) in [6, 6.07) is 9.09. The summed E-state index contributed by atoms with van der Waals surface area (Å²) in [5.41, 5.74) is -2.04. The van der Waals surface area contributed by atoms with E-state index in [-0.39, 0.29) is 22.1 Å². The Hall–Kier alpha value is -3.74. The van der Waals surface area contributed by atoms with Crippen molar-refractivity contribution in [1.29, 1.82) is 4.78 Å². The number of carbonyl (C=O) groups excluding carboxylic acids is 1. The summed E-state index contributed by atoms with van der Waals surface area (Å²) < 4.78 is 83.2. The monoisotopic (exact) mass is 484 g/mol. The number of nitrogens with zero attached hydrogens (tertiary/aromatic N) is 2. The van der Waals surface area contributed by atoms with E-state index in [2.05, 4.69) is 15.5 Å². The third kappa shape index (κ3) is 5.74. The van der Waals surface area contributed by atoms with Crippen LogP contribution < -0.4 is 14.8 Å². The van der Waals surface area contributed by atoms with Gasteiger partial charge in [0.15, 0.2) is 17.2 Å². The number of ether oxygens (including phenoxy) is 2. The number of nitrogens with one attached hydrogen (secondary N) is 2. The number of hydrogen-bond donors (Lipinski definition) is 2. The van der Waals surface area contributed by atoms with E-state index in [4.69, 9.17) is 14.3 Å². The summed E-state index contributed by atoms with van der Waals surface area (Å²) in [5, 5.41) is 8.75. The van der Waals surface area contributed by atoms with Gasteiger partial charge < -0.3 is 14.8 Å². The molecule has 0 radical (unpaired) electrons. The number of halogens is 4. The van der Waals surface area contributed by atoms with Crippen LogP contribution in [-0.4, -0.2) is 33.7 Å². The lowest BCUT2D eigenvalue weighted by Gasteiger charge is -2.14. The highest BCUT2D eigenvalue weighted by Crippen LogP contribution is 2.35. The zero-order valence-corrected chi connectivity index (χ0v) is 17.9. The molecule has 2 N–H and O–H groups in total. The van der Waals surface area contributed by atoms with E-state index < -0.39 is 44.8 Å². The molecule has 1 aromatic heterocycles. The van der Waals surface area contributed by atoms with Gasteiger partial charge in [0, 0.05) is 22.9 Å². The minimum absolute atomic E-state index is 0.0327. The Morgan fingerprint density at radius 3 is 2.45 bits per heavy atom. The molecule has 2 aromatic carbocycles. The fourth-order valence-electron chi connectivity index (χ4n) is 2.61. The van der Waals surface area contributed by atoms with Crippen molar-refractivity contribution in [2.75, 3.05) is 18.7 Å². The fraction of sp³-hybridized carbons (Fsp3) is 0.150. The molecule has 1 unspecified atom stereocenters. The van der Waals surface area contributed by atoms with E-state index in [0.717, 1.165) is 12.1 Å². The molecule has 0 aliphatic carbocycles. The molecule has 0 aliphatic rings. The standard InChI is InChI=1S/C20H16F4N4O4S/c1-31-15-7-6-11(21)8-16(15)32-19-14(10-17(27-28-19)20(22,23)24)18(29)26-12-4-3-5-13(9-12)33(2,25)30/h3-10,25H,1-2H3,(H,26,29). The molecule has 0 aliphatic heterocycles. The van der Waals surface area contributed by atoms with Crippen molar-refractivity contribution in [2.24, 2.45) is 0 Å². The first-order valence-electron chi connectivity index (χ1n) is 9.00. The third-order valence-corrected chi connectivity index (χ3v) is 5.32. The second-order valence-electron chi connectivity index (χ2n) is 6.67. The third-order valence-electron chi connectivity index (χ3n) is 4.17. The largest absolute Gasteiger partial charge is 0.493 e. The van der Waals surface area contributed by atoms with Gasteiger partial charge in [-0.3, -0.25) is 4.79 Å². The highest BCUT2D eigenvalue weighted by molar-refractivity contribution is 7.91. The van der Waals surface area contributed by atoms with Crippen molar-refractivity contribution >= 4 is 21.3 Å². The van der Waals surface area contributed by atoms with E-state index in [0.29, 0.717) is 6.07 Å². The average molecular weight is 484 g/mol. The molecule has 0 bridgehead atoms. The van der Waals surface area contributed by atoms with Gasteiger partial charge in [-0.25, -0.2) is 13.4 Å². The van der Waals surface area contributed by atoms with E-state index in [1.54, 1.807) is 0 Å². The van der Waals surface area contributed by atoms with Gasteiger partial charge in [0.05, 0.1) is 16.8 Å². The van der Waals surface area contributed by atoms with Gasteiger partial charge in [-0.05, 0) is 36.4 Å².